The molecule has 2 heterocycles. The Balaban J connectivity index is 1.65. The van der Waals surface area contributed by atoms with E-state index in [0.717, 1.165) is 29.4 Å². The smallest absolute Gasteiger partial charge is 0.141 e. The van der Waals surface area contributed by atoms with Crippen LogP contribution in [0.1, 0.15) is 24.1 Å². The number of halogens is 1. The molecule has 1 N–H and O–H groups in total. The molecule has 112 valence electrons. The zero-order valence-electron chi connectivity index (χ0n) is 12.5. The molecular weight excluding hydrogens is 277 g/mol. The van der Waals surface area contributed by atoms with Gasteiger partial charge >= 0.3 is 0 Å². The van der Waals surface area contributed by atoms with E-state index >= 15 is 0 Å². The maximum atomic E-state index is 13.2. The number of rotatable bonds is 5. The first-order chi connectivity index (χ1) is 10.7. The molecule has 0 fully saturated rings. The van der Waals surface area contributed by atoms with E-state index in [1.807, 2.05) is 19.2 Å². The molecule has 0 saturated carbocycles. The minimum atomic E-state index is -0.301. The topological polar surface area (TPSA) is 37.8 Å². The Bertz CT molecular complexity index is 768. The summed E-state index contributed by atoms with van der Waals surface area (Å²) in [7, 11) is 0. The average molecular weight is 295 g/mol. The van der Waals surface area contributed by atoms with Crippen LogP contribution in [0.3, 0.4) is 0 Å². The average Bonchev–Trinajstić information content (AvgIpc) is 2.55. The quantitative estimate of drug-likeness (QED) is 0.780. The van der Waals surface area contributed by atoms with Crippen molar-refractivity contribution in [2.75, 3.05) is 6.54 Å². The predicted octanol–water partition coefficient (Wildman–Crippen LogP) is 3.66. The van der Waals surface area contributed by atoms with Crippen LogP contribution in [0.5, 0.6) is 0 Å². The minimum absolute atomic E-state index is 0.0612. The monoisotopic (exact) mass is 295 g/mol. The summed E-state index contributed by atoms with van der Waals surface area (Å²) in [6.45, 7) is 2.81. The number of hydrogen-bond acceptors (Lipinski definition) is 3. The second-order valence-corrected chi connectivity index (χ2v) is 5.35. The highest BCUT2D eigenvalue weighted by atomic mass is 19.1. The third kappa shape index (κ3) is 3.28. The van der Waals surface area contributed by atoms with Gasteiger partial charge in [-0.1, -0.05) is 24.3 Å². The van der Waals surface area contributed by atoms with Crippen LogP contribution in [0.4, 0.5) is 4.39 Å². The van der Waals surface area contributed by atoms with E-state index in [4.69, 9.17) is 0 Å². The lowest BCUT2D eigenvalue weighted by Gasteiger charge is -2.14. The molecule has 2 aromatic heterocycles. The molecule has 0 amide bonds. The van der Waals surface area contributed by atoms with E-state index in [9.17, 15) is 4.39 Å². The maximum absolute atomic E-state index is 13.2. The van der Waals surface area contributed by atoms with Crippen LogP contribution in [0, 0.1) is 5.82 Å². The van der Waals surface area contributed by atoms with Crippen molar-refractivity contribution in [1.82, 2.24) is 15.3 Å². The fourth-order valence-corrected chi connectivity index (χ4v) is 2.58. The van der Waals surface area contributed by atoms with Crippen LogP contribution in [0.15, 0.2) is 55.0 Å². The molecule has 4 heteroatoms. The Morgan fingerprint density at radius 2 is 2.05 bits per heavy atom. The molecular formula is C18H18FN3. The number of hydrogen-bond donors (Lipinski definition) is 1. The number of aromatic nitrogens is 2. The van der Waals surface area contributed by atoms with E-state index in [0.29, 0.717) is 0 Å². The van der Waals surface area contributed by atoms with Crippen molar-refractivity contribution in [1.29, 1.82) is 0 Å². The number of benzene rings is 1. The number of nitrogens with one attached hydrogen (secondary N) is 1. The summed E-state index contributed by atoms with van der Waals surface area (Å²) in [6.07, 6.45) is 5.61. The van der Waals surface area contributed by atoms with Crippen molar-refractivity contribution >= 4 is 10.9 Å². The van der Waals surface area contributed by atoms with Gasteiger partial charge < -0.3 is 5.32 Å². The molecule has 0 aliphatic rings. The van der Waals surface area contributed by atoms with Crippen LogP contribution in [0.25, 0.3) is 10.9 Å². The van der Waals surface area contributed by atoms with Crippen LogP contribution < -0.4 is 5.32 Å². The Morgan fingerprint density at radius 1 is 1.18 bits per heavy atom. The highest BCUT2D eigenvalue weighted by Crippen LogP contribution is 2.17. The normalized spacial score (nSPS) is 12.5. The van der Waals surface area contributed by atoms with E-state index in [1.54, 1.807) is 6.20 Å². The first-order valence-corrected chi connectivity index (χ1v) is 7.40. The molecule has 0 bridgehead atoms. The van der Waals surface area contributed by atoms with E-state index in [1.165, 1.54) is 17.8 Å². The standard InChI is InChI=1S/C18H18FN3/c1-13(16-10-17(19)12-20-11-16)21-9-7-15-5-2-4-14-6-3-8-22-18(14)15/h2-6,8,10-13,21H,7,9H2,1H3/t13-/m1/s1. The van der Waals surface area contributed by atoms with E-state index in [2.05, 4.69) is 39.6 Å². The Labute approximate surface area is 129 Å². The molecule has 0 unspecified atom stereocenters. The molecule has 0 radical (unpaired) electrons. The number of fused-ring (bicyclic) bond motifs is 1. The summed E-state index contributed by atoms with van der Waals surface area (Å²) in [5.74, 6) is -0.301. The van der Waals surface area contributed by atoms with Crippen molar-refractivity contribution in [3.8, 4) is 0 Å². The molecule has 0 aliphatic carbocycles. The zero-order valence-corrected chi connectivity index (χ0v) is 12.5. The highest BCUT2D eigenvalue weighted by molar-refractivity contribution is 5.81. The number of para-hydroxylation sites is 1. The first-order valence-electron chi connectivity index (χ1n) is 7.40. The predicted molar refractivity (Wildman–Crippen MR) is 86.1 cm³/mol. The van der Waals surface area contributed by atoms with Crippen molar-refractivity contribution in [3.05, 3.63) is 71.9 Å². The fraction of sp³-hybridized carbons (Fsp3) is 0.222. The van der Waals surface area contributed by atoms with Gasteiger partial charge in [-0.3, -0.25) is 9.97 Å². The van der Waals surface area contributed by atoms with Gasteiger partial charge in [0.1, 0.15) is 5.82 Å². The summed E-state index contributed by atoms with van der Waals surface area (Å²) in [6, 6.07) is 11.8. The molecule has 3 rings (SSSR count). The fourth-order valence-electron chi connectivity index (χ4n) is 2.58. The lowest BCUT2D eigenvalue weighted by molar-refractivity contribution is 0.563. The Hall–Kier alpha value is -2.33. The molecule has 3 aromatic rings. The molecule has 22 heavy (non-hydrogen) atoms. The van der Waals surface area contributed by atoms with Crippen LogP contribution in [0.2, 0.25) is 0 Å². The zero-order chi connectivity index (χ0) is 15.4. The second kappa shape index (κ2) is 6.62. The van der Waals surface area contributed by atoms with Crippen molar-refractivity contribution in [3.63, 3.8) is 0 Å². The van der Waals surface area contributed by atoms with E-state index in [-0.39, 0.29) is 11.9 Å². The Morgan fingerprint density at radius 3 is 2.91 bits per heavy atom. The lowest BCUT2D eigenvalue weighted by atomic mass is 10.1. The second-order valence-electron chi connectivity index (χ2n) is 5.35. The number of nitrogens with zero attached hydrogens (tertiary/aromatic N) is 2. The largest absolute Gasteiger partial charge is 0.310 e. The van der Waals surface area contributed by atoms with Crippen LogP contribution in [-0.2, 0) is 6.42 Å². The van der Waals surface area contributed by atoms with Gasteiger partial charge in [0, 0.05) is 23.8 Å². The van der Waals surface area contributed by atoms with Gasteiger partial charge in [-0.25, -0.2) is 4.39 Å². The van der Waals surface area contributed by atoms with Crippen molar-refractivity contribution in [2.45, 2.75) is 19.4 Å². The third-order valence-electron chi connectivity index (χ3n) is 3.79. The SMILES string of the molecule is C[C@@H](NCCc1cccc2cccnc12)c1cncc(F)c1. The van der Waals surface area contributed by atoms with Gasteiger partial charge in [-0.2, -0.15) is 0 Å². The molecule has 0 saturated heterocycles. The van der Waals surface area contributed by atoms with E-state index < -0.39 is 0 Å². The summed E-state index contributed by atoms with van der Waals surface area (Å²) in [5.41, 5.74) is 3.12. The summed E-state index contributed by atoms with van der Waals surface area (Å²) < 4.78 is 13.2. The third-order valence-corrected chi connectivity index (χ3v) is 3.79. The summed E-state index contributed by atoms with van der Waals surface area (Å²) in [5, 5.41) is 4.56. The first kappa shape index (κ1) is 14.6. The van der Waals surface area contributed by atoms with Crippen molar-refractivity contribution in [2.24, 2.45) is 0 Å². The van der Waals surface area contributed by atoms with Crippen LogP contribution >= 0.6 is 0 Å². The van der Waals surface area contributed by atoms with Gasteiger partial charge in [-0.05, 0) is 43.1 Å². The molecule has 0 aliphatic heterocycles. The van der Waals surface area contributed by atoms with Gasteiger partial charge in [0.2, 0.25) is 0 Å². The van der Waals surface area contributed by atoms with Gasteiger partial charge in [-0.15, -0.1) is 0 Å². The van der Waals surface area contributed by atoms with Gasteiger partial charge in [0.25, 0.3) is 0 Å². The summed E-state index contributed by atoms with van der Waals surface area (Å²) in [4.78, 5) is 8.35. The molecule has 1 aromatic carbocycles. The van der Waals surface area contributed by atoms with Crippen molar-refractivity contribution < 1.29 is 4.39 Å². The highest BCUT2D eigenvalue weighted by Gasteiger charge is 2.07. The molecule has 3 nitrogen and oxygen atoms in total. The minimum Gasteiger partial charge on any atom is -0.310 e. The molecule has 1 atom stereocenters. The lowest BCUT2D eigenvalue weighted by Crippen LogP contribution is -2.21. The molecule has 0 spiro atoms. The maximum Gasteiger partial charge on any atom is 0.141 e. The van der Waals surface area contributed by atoms with Gasteiger partial charge in [0.15, 0.2) is 0 Å². The summed E-state index contributed by atoms with van der Waals surface area (Å²) >= 11 is 0. The Kier molecular flexibility index (Phi) is 4.39. The van der Waals surface area contributed by atoms with Gasteiger partial charge in [0.05, 0.1) is 11.7 Å². The van der Waals surface area contributed by atoms with Crippen LogP contribution in [-0.4, -0.2) is 16.5 Å². The number of pyridine rings is 2.